The Hall–Kier alpha value is -3.20. The number of unbranched alkanes of at least 4 members (excludes halogenated alkanes) is 3. The molecule has 4 heterocycles. The van der Waals surface area contributed by atoms with Crippen molar-refractivity contribution in [2.24, 2.45) is 0 Å². The monoisotopic (exact) mass is 591 g/mol. The van der Waals surface area contributed by atoms with Gasteiger partial charge in [0, 0.05) is 13.1 Å². The Labute approximate surface area is 235 Å². The zero-order valence-electron chi connectivity index (χ0n) is 22.4. The summed E-state index contributed by atoms with van der Waals surface area (Å²) in [6.07, 6.45) is 2.58. The van der Waals surface area contributed by atoms with Crippen molar-refractivity contribution >= 4 is 32.5 Å². The van der Waals surface area contributed by atoms with Crippen LogP contribution in [0.5, 0.6) is 0 Å². The summed E-state index contributed by atoms with van der Waals surface area (Å²) in [5.74, 6) is 0. The molecule has 0 bridgehead atoms. The van der Waals surface area contributed by atoms with E-state index in [2.05, 4.69) is 12.2 Å². The number of nitrogens with one attached hydrogen (secondary N) is 1. The third kappa shape index (κ3) is 4.93. The number of carbonyl (C=O) groups is 1. The molecule has 216 valence electrons. The number of hydrogen-bond acceptors (Lipinski definition) is 8. The van der Waals surface area contributed by atoms with Gasteiger partial charge < -0.3 is 9.84 Å². The molecule has 0 saturated carbocycles. The van der Waals surface area contributed by atoms with Gasteiger partial charge in [0.2, 0.25) is 10.0 Å². The maximum Gasteiger partial charge on any atom is 0.413 e. The number of β-amino-alcohol motifs (C(OH)–C–C–N with tert-alkyl or cyclic N) is 1. The second kappa shape index (κ2) is 10.7. The number of nitrogens with zero attached hydrogens (tertiary/aromatic N) is 4. The van der Waals surface area contributed by atoms with E-state index in [0.29, 0.717) is 11.4 Å². The predicted octanol–water partition coefficient (Wildman–Crippen LogP) is 2.20. The van der Waals surface area contributed by atoms with Gasteiger partial charge in [-0.3, -0.25) is 5.32 Å². The van der Waals surface area contributed by atoms with Crippen molar-refractivity contribution < 1.29 is 23.1 Å². The molecule has 12 nitrogen and oxygen atoms in total. The average molecular weight is 592 g/mol. The van der Waals surface area contributed by atoms with E-state index in [-0.39, 0.29) is 11.4 Å². The van der Waals surface area contributed by atoms with E-state index >= 15 is 0 Å². The number of carbonyl (C=O) groups excluding carboxylic acids is 1. The molecule has 2 aliphatic rings. The van der Waals surface area contributed by atoms with Crippen LogP contribution in [0, 0.1) is 6.92 Å². The predicted molar refractivity (Wildman–Crippen MR) is 149 cm³/mol. The molecule has 2 N–H and O–H groups in total. The molecule has 2 aliphatic heterocycles. The minimum absolute atomic E-state index is 0.0183. The van der Waals surface area contributed by atoms with Crippen LogP contribution in [0.25, 0.3) is 0 Å². The van der Waals surface area contributed by atoms with E-state index in [1.165, 1.54) is 23.5 Å². The molecular formula is C26H33N5O7S2. The van der Waals surface area contributed by atoms with Crippen molar-refractivity contribution in [2.45, 2.75) is 75.3 Å². The molecule has 0 unspecified atom stereocenters. The second-order valence-corrected chi connectivity index (χ2v) is 13.4. The molecule has 1 amide bonds. The zero-order valence-corrected chi connectivity index (χ0v) is 24.0. The quantitative estimate of drug-likeness (QED) is 0.363. The summed E-state index contributed by atoms with van der Waals surface area (Å²) in [7, 11) is -4.11. The minimum atomic E-state index is -4.11. The molecule has 14 heteroatoms. The number of ether oxygens (including phenoxy) is 1. The summed E-state index contributed by atoms with van der Waals surface area (Å²) in [6.45, 7) is 2.48. The van der Waals surface area contributed by atoms with E-state index in [1.807, 2.05) is 6.92 Å². The number of aromatic nitrogens is 3. The standard InChI is InChI=1S/C26H33N5O7S2/c1-3-4-5-6-13-29-23(33)30-16-25(35)15-28(40(36,37)20-11-9-19(2)10-12-20)17-26(25,18-31(30)24(29)34)38-22(32)27-21-8-7-14-39-21/h7-12,14,35H,3-6,13,15-18H2,1-2H3,(H,27,32)/t25-,26+/m0/s1. The Morgan fingerprint density at radius 3 is 2.38 bits per heavy atom. The van der Waals surface area contributed by atoms with Crippen LogP contribution in [0.3, 0.4) is 0 Å². The number of anilines is 1. The zero-order chi connectivity index (χ0) is 28.7. The maximum absolute atomic E-state index is 13.6. The summed E-state index contributed by atoms with van der Waals surface area (Å²) in [6, 6.07) is 9.68. The fraction of sp³-hybridized carbons (Fsp3) is 0.500. The Morgan fingerprint density at radius 1 is 1.02 bits per heavy atom. The summed E-state index contributed by atoms with van der Waals surface area (Å²) < 4.78 is 37.5. The fourth-order valence-corrected chi connectivity index (χ4v) is 7.55. The van der Waals surface area contributed by atoms with Gasteiger partial charge in [-0.1, -0.05) is 43.9 Å². The van der Waals surface area contributed by atoms with Gasteiger partial charge in [-0.15, -0.1) is 11.3 Å². The highest BCUT2D eigenvalue weighted by Gasteiger charge is 2.65. The number of amides is 1. The molecule has 40 heavy (non-hydrogen) atoms. The largest absolute Gasteiger partial charge is 0.436 e. The summed E-state index contributed by atoms with van der Waals surface area (Å²) in [4.78, 5) is 39.6. The number of sulfonamides is 1. The molecule has 3 aromatic rings. The molecule has 0 aliphatic carbocycles. The maximum atomic E-state index is 13.6. The van der Waals surface area contributed by atoms with Gasteiger partial charge in [0.15, 0.2) is 5.60 Å². The summed E-state index contributed by atoms with van der Waals surface area (Å²) in [5, 5.41) is 16.8. The van der Waals surface area contributed by atoms with E-state index in [1.54, 1.807) is 29.6 Å². The number of rotatable bonds is 9. The van der Waals surface area contributed by atoms with Crippen molar-refractivity contribution in [2.75, 3.05) is 18.4 Å². The minimum Gasteiger partial charge on any atom is -0.436 e. The molecule has 1 saturated heterocycles. The van der Waals surface area contributed by atoms with Crippen LogP contribution in [0.2, 0.25) is 0 Å². The van der Waals surface area contributed by atoms with E-state index < -0.39 is 64.9 Å². The van der Waals surface area contributed by atoms with Crippen LogP contribution in [0.1, 0.15) is 38.2 Å². The highest BCUT2D eigenvalue weighted by atomic mass is 32.2. The van der Waals surface area contributed by atoms with Crippen LogP contribution >= 0.6 is 11.3 Å². The lowest BCUT2D eigenvalue weighted by atomic mass is 9.84. The topological polar surface area (TPSA) is 145 Å². The first-order chi connectivity index (χ1) is 19.0. The van der Waals surface area contributed by atoms with Gasteiger partial charge >= 0.3 is 17.5 Å². The van der Waals surface area contributed by atoms with Crippen molar-refractivity contribution in [1.82, 2.24) is 18.2 Å². The van der Waals surface area contributed by atoms with Gasteiger partial charge in [-0.25, -0.2) is 36.7 Å². The van der Waals surface area contributed by atoms with Crippen molar-refractivity contribution in [3.8, 4) is 0 Å². The lowest BCUT2D eigenvalue weighted by Crippen LogP contribution is -2.66. The molecule has 5 rings (SSSR count). The van der Waals surface area contributed by atoms with E-state index in [9.17, 15) is 27.9 Å². The number of thiophene rings is 1. The molecule has 1 aromatic carbocycles. The second-order valence-electron chi connectivity index (χ2n) is 10.5. The first-order valence-corrected chi connectivity index (χ1v) is 15.5. The molecule has 0 radical (unpaired) electrons. The molecule has 2 aromatic heterocycles. The highest BCUT2D eigenvalue weighted by molar-refractivity contribution is 7.89. The molecule has 2 atom stereocenters. The van der Waals surface area contributed by atoms with Crippen LogP contribution < -0.4 is 16.7 Å². The highest BCUT2D eigenvalue weighted by Crippen LogP contribution is 2.42. The van der Waals surface area contributed by atoms with Gasteiger partial charge in [0.25, 0.3) is 0 Å². The number of aryl methyl sites for hydroxylation is 1. The first kappa shape index (κ1) is 28.3. The summed E-state index contributed by atoms with van der Waals surface area (Å²) in [5.41, 5.74) is -4.13. The normalized spacial score (nSPS) is 22.6. The lowest BCUT2D eigenvalue weighted by molar-refractivity contribution is -0.156. The Morgan fingerprint density at radius 2 is 1.73 bits per heavy atom. The van der Waals surface area contributed by atoms with Gasteiger partial charge in [0.1, 0.15) is 5.60 Å². The lowest BCUT2D eigenvalue weighted by Gasteiger charge is -2.43. The summed E-state index contributed by atoms with van der Waals surface area (Å²) >= 11 is 1.26. The van der Waals surface area contributed by atoms with E-state index in [0.717, 1.165) is 43.1 Å². The fourth-order valence-electron chi connectivity index (χ4n) is 5.41. The molecule has 1 fully saturated rings. The smallest absolute Gasteiger partial charge is 0.413 e. The third-order valence-corrected chi connectivity index (χ3v) is 10.2. The number of fused-ring (bicyclic) bond motifs is 2. The Kier molecular flexibility index (Phi) is 7.54. The Bertz CT molecular complexity index is 1610. The Balaban J connectivity index is 1.52. The number of aliphatic hydroxyl groups is 1. The molecular weight excluding hydrogens is 558 g/mol. The van der Waals surface area contributed by atoms with Gasteiger partial charge in [0.05, 0.1) is 29.5 Å². The average Bonchev–Trinajstić information content (AvgIpc) is 3.57. The number of hydrogen-bond donors (Lipinski definition) is 2. The molecule has 0 spiro atoms. The SMILES string of the molecule is CCCCCCn1c(=O)n2n(c1=O)C[C@]1(OC(=O)Nc3cccs3)CN(S(=O)(=O)c3ccc(C)cc3)C[C@]1(O)C2. The van der Waals surface area contributed by atoms with Crippen LogP contribution in [0.15, 0.2) is 56.3 Å². The van der Waals surface area contributed by atoms with Crippen molar-refractivity contribution in [3.05, 3.63) is 68.3 Å². The van der Waals surface area contributed by atoms with Crippen molar-refractivity contribution in [1.29, 1.82) is 0 Å². The van der Waals surface area contributed by atoms with Crippen LogP contribution in [0.4, 0.5) is 9.80 Å². The van der Waals surface area contributed by atoms with E-state index in [4.69, 9.17) is 4.74 Å². The van der Waals surface area contributed by atoms with Crippen LogP contribution in [-0.2, 0) is 34.4 Å². The number of benzene rings is 1. The first-order valence-electron chi connectivity index (χ1n) is 13.2. The van der Waals surface area contributed by atoms with Gasteiger partial charge in [-0.05, 0) is 43.0 Å². The van der Waals surface area contributed by atoms with Gasteiger partial charge in [-0.2, -0.15) is 4.31 Å². The van der Waals surface area contributed by atoms with Crippen LogP contribution in [-0.4, -0.2) is 62.1 Å². The third-order valence-electron chi connectivity index (χ3n) is 7.66. The van der Waals surface area contributed by atoms with Crippen molar-refractivity contribution in [3.63, 3.8) is 0 Å².